The lowest BCUT2D eigenvalue weighted by molar-refractivity contribution is 0.102. The second kappa shape index (κ2) is 5.65. The third-order valence-electron chi connectivity index (χ3n) is 3.23. The van der Waals surface area contributed by atoms with Gasteiger partial charge >= 0.3 is 0 Å². The first-order chi connectivity index (χ1) is 9.52. The molecule has 0 aliphatic heterocycles. The van der Waals surface area contributed by atoms with Crippen molar-refractivity contribution in [3.05, 3.63) is 53.1 Å². The Balaban J connectivity index is 2.26. The Kier molecular flexibility index (Phi) is 3.94. The van der Waals surface area contributed by atoms with Crippen molar-refractivity contribution in [2.75, 3.05) is 12.4 Å². The highest BCUT2D eigenvalue weighted by Crippen LogP contribution is 2.24. The molecule has 1 amide bonds. The summed E-state index contributed by atoms with van der Waals surface area (Å²) in [7, 11) is 1.60. The van der Waals surface area contributed by atoms with Gasteiger partial charge in [-0.25, -0.2) is 0 Å². The van der Waals surface area contributed by atoms with E-state index in [1.165, 1.54) is 0 Å². The highest BCUT2D eigenvalue weighted by Gasteiger charge is 2.12. The van der Waals surface area contributed by atoms with Gasteiger partial charge in [0.2, 0.25) is 0 Å². The number of ether oxygens (including phenoxy) is 1. The molecule has 0 aromatic heterocycles. The van der Waals surface area contributed by atoms with Crippen LogP contribution in [-0.2, 0) is 0 Å². The number of aromatic hydroxyl groups is 1. The van der Waals surface area contributed by atoms with Crippen LogP contribution in [0.25, 0.3) is 0 Å². The number of rotatable bonds is 3. The average molecular weight is 271 g/mol. The van der Waals surface area contributed by atoms with E-state index in [9.17, 15) is 9.90 Å². The number of phenols is 1. The van der Waals surface area contributed by atoms with Crippen LogP contribution in [0.15, 0.2) is 36.4 Å². The number of amides is 1. The molecule has 0 aliphatic carbocycles. The van der Waals surface area contributed by atoms with Crippen molar-refractivity contribution < 1.29 is 14.6 Å². The zero-order chi connectivity index (χ0) is 14.7. The molecule has 20 heavy (non-hydrogen) atoms. The normalized spacial score (nSPS) is 10.2. The standard InChI is InChI=1S/C16H17NO3/c1-10-9-12(20-3)7-8-14(10)17-16(19)13-5-4-6-15(18)11(13)2/h4-9,18H,1-3H3,(H,17,19). The van der Waals surface area contributed by atoms with E-state index in [4.69, 9.17) is 4.74 Å². The Bertz CT molecular complexity index is 650. The average Bonchev–Trinajstić information content (AvgIpc) is 2.44. The van der Waals surface area contributed by atoms with Crippen molar-refractivity contribution in [1.82, 2.24) is 0 Å². The van der Waals surface area contributed by atoms with Gasteiger partial charge in [0.1, 0.15) is 11.5 Å². The monoisotopic (exact) mass is 271 g/mol. The van der Waals surface area contributed by atoms with Gasteiger partial charge in [-0.05, 0) is 49.7 Å². The molecule has 4 nitrogen and oxygen atoms in total. The van der Waals surface area contributed by atoms with E-state index in [1.807, 2.05) is 13.0 Å². The summed E-state index contributed by atoms with van der Waals surface area (Å²) in [6.45, 7) is 3.61. The predicted molar refractivity (Wildman–Crippen MR) is 78.5 cm³/mol. The van der Waals surface area contributed by atoms with Gasteiger partial charge in [-0.1, -0.05) is 6.07 Å². The summed E-state index contributed by atoms with van der Waals surface area (Å²) in [5.41, 5.74) is 2.66. The lowest BCUT2D eigenvalue weighted by atomic mass is 10.1. The molecule has 0 atom stereocenters. The fraction of sp³-hybridized carbons (Fsp3) is 0.188. The van der Waals surface area contributed by atoms with E-state index >= 15 is 0 Å². The number of methoxy groups -OCH3 is 1. The summed E-state index contributed by atoms with van der Waals surface area (Å²) < 4.78 is 5.13. The summed E-state index contributed by atoms with van der Waals surface area (Å²) >= 11 is 0. The quantitative estimate of drug-likeness (QED) is 0.900. The molecule has 0 saturated heterocycles. The Morgan fingerprint density at radius 3 is 2.60 bits per heavy atom. The second-order valence-corrected chi connectivity index (χ2v) is 4.58. The van der Waals surface area contributed by atoms with Crippen LogP contribution in [0, 0.1) is 13.8 Å². The molecule has 104 valence electrons. The molecule has 0 heterocycles. The maximum Gasteiger partial charge on any atom is 0.256 e. The van der Waals surface area contributed by atoms with Crippen LogP contribution in [0.2, 0.25) is 0 Å². The van der Waals surface area contributed by atoms with E-state index in [1.54, 1.807) is 44.4 Å². The Morgan fingerprint density at radius 1 is 1.20 bits per heavy atom. The molecular weight excluding hydrogens is 254 g/mol. The van der Waals surface area contributed by atoms with Crippen LogP contribution >= 0.6 is 0 Å². The minimum Gasteiger partial charge on any atom is -0.508 e. The van der Waals surface area contributed by atoms with Gasteiger partial charge in [0.05, 0.1) is 7.11 Å². The number of benzene rings is 2. The number of anilines is 1. The van der Waals surface area contributed by atoms with E-state index in [0.717, 1.165) is 17.0 Å². The zero-order valence-electron chi connectivity index (χ0n) is 11.7. The molecular formula is C16H17NO3. The molecule has 2 aromatic carbocycles. The van der Waals surface area contributed by atoms with Crippen molar-refractivity contribution in [3.63, 3.8) is 0 Å². The largest absolute Gasteiger partial charge is 0.508 e. The topological polar surface area (TPSA) is 58.6 Å². The minimum atomic E-state index is -0.244. The maximum absolute atomic E-state index is 12.2. The highest BCUT2D eigenvalue weighted by molar-refractivity contribution is 6.06. The molecule has 0 saturated carbocycles. The summed E-state index contributed by atoms with van der Waals surface area (Å²) in [6.07, 6.45) is 0. The van der Waals surface area contributed by atoms with Gasteiger partial charge < -0.3 is 15.2 Å². The number of nitrogens with one attached hydrogen (secondary N) is 1. The van der Waals surface area contributed by atoms with Crippen LogP contribution in [0.1, 0.15) is 21.5 Å². The smallest absolute Gasteiger partial charge is 0.256 e. The van der Waals surface area contributed by atoms with E-state index in [2.05, 4.69) is 5.32 Å². The minimum absolute atomic E-state index is 0.115. The first-order valence-corrected chi connectivity index (χ1v) is 6.27. The molecule has 0 radical (unpaired) electrons. The number of carbonyl (C=O) groups excluding carboxylic acids is 1. The summed E-state index contributed by atoms with van der Waals surface area (Å²) in [6, 6.07) is 10.3. The fourth-order valence-corrected chi connectivity index (χ4v) is 1.96. The molecule has 0 aliphatic rings. The number of hydrogen-bond donors (Lipinski definition) is 2. The molecule has 0 spiro atoms. The molecule has 2 aromatic rings. The predicted octanol–water partition coefficient (Wildman–Crippen LogP) is 3.27. The van der Waals surface area contributed by atoms with Crippen molar-refractivity contribution >= 4 is 11.6 Å². The maximum atomic E-state index is 12.2. The SMILES string of the molecule is COc1ccc(NC(=O)c2cccc(O)c2C)c(C)c1. The van der Waals surface area contributed by atoms with Crippen molar-refractivity contribution in [1.29, 1.82) is 0 Å². The Hall–Kier alpha value is -2.49. The lowest BCUT2D eigenvalue weighted by Gasteiger charge is -2.11. The molecule has 0 unspecified atom stereocenters. The summed E-state index contributed by atoms with van der Waals surface area (Å²) in [4.78, 5) is 12.2. The summed E-state index contributed by atoms with van der Waals surface area (Å²) in [5, 5.41) is 12.5. The van der Waals surface area contributed by atoms with Crippen LogP contribution < -0.4 is 10.1 Å². The van der Waals surface area contributed by atoms with Crippen LogP contribution in [0.3, 0.4) is 0 Å². The molecule has 4 heteroatoms. The van der Waals surface area contributed by atoms with E-state index < -0.39 is 0 Å². The van der Waals surface area contributed by atoms with Crippen molar-refractivity contribution in [3.8, 4) is 11.5 Å². The van der Waals surface area contributed by atoms with Gasteiger partial charge in [0.25, 0.3) is 5.91 Å². The van der Waals surface area contributed by atoms with Crippen molar-refractivity contribution in [2.24, 2.45) is 0 Å². The summed E-state index contributed by atoms with van der Waals surface area (Å²) in [5.74, 6) is 0.616. The second-order valence-electron chi connectivity index (χ2n) is 4.58. The van der Waals surface area contributed by atoms with Gasteiger partial charge in [0.15, 0.2) is 0 Å². The first kappa shape index (κ1) is 13.9. The van der Waals surface area contributed by atoms with Gasteiger partial charge in [-0.2, -0.15) is 0 Å². The number of phenolic OH excluding ortho intramolecular Hbond substituents is 1. The lowest BCUT2D eigenvalue weighted by Crippen LogP contribution is -2.14. The van der Waals surface area contributed by atoms with Gasteiger partial charge in [-0.15, -0.1) is 0 Å². The number of hydrogen-bond acceptors (Lipinski definition) is 3. The van der Waals surface area contributed by atoms with Crippen molar-refractivity contribution in [2.45, 2.75) is 13.8 Å². The van der Waals surface area contributed by atoms with Crippen LogP contribution in [0.5, 0.6) is 11.5 Å². The molecule has 2 N–H and O–H groups in total. The van der Waals surface area contributed by atoms with Crippen LogP contribution in [-0.4, -0.2) is 18.1 Å². The number of aryl methyl sites for hydroxylation is 1. The molecule has 0 fully saturated rings. The van der Waals surface area contributed by atoms with Gasteiger partial charge in [0, 0.05) is 16.8 Å². The van der Waals surface area contributed by atoms with E-state index in [0.29, 0.717) is 11.1 Å². The first-order valence-electron chi connectivity index (χ1n) is 6.27. The number of carbonyl (C=O) groups is 1. The van der Waals surface area contributed by atoms with Crippen LogP contribution in [0.4, 0.5) is 5.69 Å². The Labute approximate surface area is 118 Å². The van der Waals surface area contributed by atoms with E-state index in [-0.39, 0.29) is 11.7 Å². The molecule has 2 rings (SSSR count). The third-order valence-corrected chi connectivity index (χ3v) is 3.23. The van der Waals surface area contributed by atoms with Gasteiger partial charge in [-0.3, -0.25) is 4.79 Å². The fourth-order valence-electron chi connectivity index (χ4n) is 1.96. The Morgan fingerprint density at radius 2 is 1.95 bits per heavy atom. The third kappa shape index (κ3) is 2.74. The zero-order valence-corrected chi connectivity index (χ0v) is 11.7. The molecule has 0 bridgehead atoms. The highest BCUT2D eigenvalue weighted by atomic mass is 16.5.